The van der Waals surface area contributed by atoms with E-state index in [0.717, 1.165) is 5.92 Å². The van der Waals surface area contributed by atoms with Crippen LogP contribution in [0.15, 0.2) is 0 Å². The number of ether oxygens (including phenoxy) is 1. The summed E-state index contributed by atoms with van der Waals surface area (Å²) in [6.07, 6.45) is 7.35. The van der Waals surface area contributed by atoms with Gasteiger partial charge in [-0.2, -0.15) is 0 Å². The Labute approximate surface area is 97.9 Å². The molecule has 0 aromatic rings. The molecule has 1 unspecified atom stereocenters. The number of hydrogen-bond acceptors (Lipinski definition) is 3. The van der Waals surface area contributed by atoms with Crippen molar-refractivity contribution in [2.45, 2.75) is 57.5 Å². The molecule has 0 aromatic carbocycles. The van der Waals surface area contributed by atoms with E-state index >= 15 is 0 Å². The van der Waals surface area contributed by atoms with Crippen LogP contribution >= 0.6 is 0 Å². The van der Waals surface area contributed by atoms with Crippen molar-refractivity contribution in [3.63, 3.8) is 0 Å². The summed E-state index contributed by atoms with van der Waals surface area (Å²) in [7, 11) is 1.49. The molecule has 0 spiro atoms. The normalized spacial score (nSPS) is 32.1. The molecule has 1 atom stereocenters. The SMILES string of the molecule is COC(=O)C(NC1CCC(C)CC1)C1CC1. The quantitative estimate of drug-likeness (QED) is 0.745. The van der Waals surface area contributed by atoms with Gasteiger partial charge < -0.3 is 10.1 Å². The van der Waals surface area contributed by atoms with Gasteiger partial charge in [0.25, 0.3) is 0 Å². The lowest BCUT2D eigenvalue weighted by atomic mass is 9.87. The molecule has 2 saturated carbocycles. The number of carbonyl (C=O) groups is 1. The Kier molecular flexibility index (Phi) is 3.85. The highest BCUT2D eigenvalue weighted by Gasteiger charge is 2.38. The van der Waals surface area contributed by atoms with E-state index in [-0.39, 0.29) is 12.0 Å². The minimum Gasteiger partial charge on any atom is -0.468 e. The number of methoxy groups -OCH3 is 1. The van der Waals surface area contributed by atoms with Crippen LogP contribution in [0.4, 0.5) is 0 Å². The van der Waals surface area contributed by atoms with Gasteiger partial charge >= 0.3 is 5.97 Å². The fraction of sp³-hybridized carbons (Fsp3) is 0.923. The summed E-state index contributed by atoms with van der Waals surface area (Å²) < 4.78 is 4.87. The maximum atomic E-state index is 11.6. The largest absolute Gasteiger partial charge is 0.468 e. The van der Waals surface area contributed by atoms with Crippen molar-refractivity contribution >= 4 is 5.97 Å². The molecule has 0 saturated heterocycles. The smallest absolute Gasteiger partial charge is 0.323 e. The molecule has 1 N–H and O–H groups in total. The molecule has 3 heteroatoms. The van der Waals surface area contributed by atoms with Crippen LogP contribution in [0.2, 0.25) is 0 Å². The van der Waals surface area contributed by atoms with Crippen LogP contribution < -0.4 is 5.32 Å². The molecule has 2 rings (SSSR count). The van der Waals surface area contributed by atoms with Crippen LogP contribution in [0.1, 0.15) is 45.4 Å². The Hall–Kier alpha value is -0.570. The molecule has 2 fully saturated rings. The van der Waals surface area contributed by atoms with E-state index in [1.807, 2.05) is 0 Å². The Balaban J connectivity index is 1.83. The number of nitrogens with one attached hydrogen (secondary N) is 1. The lowest BCUT2D eigenvalue weighted by Crippen LogP contribution is -2.46. The molecule has 0 aliphatic heterocycles. The second-order valence-corrected chi connectivity index (χ2v) is 5.46. The van der Waals surface area contributed by atoms with Crippen molar-refractivity contribution in [3.05, 3.63) is 0 Å². The molecule has 16 heavy (non-hydrogen) atoms. The Morgan fingerprint density at radius 3 is 2.31 bits per heavy atom. The summed E-state index contributed by atoms with van der Waals surface area (Å²) in [6, 6.07) is 0.490. The van der Waals surface area contributed by atoms with Crippen LogP contribution in [0.3, 0.4) is 0 Å². The van der Waals surface area contributed by atoms with Crippen molar-refractivity contribution < 1.29 is 9.53 Å². The van der Waals surface area contributed by atoms with Crippen molar-refractivity contribution in [1.29, 1.82) is 0 Å². The predicted molar refractivity (Wildman–Crippen MR) is 63.1 cm³/mol. The second kappa shape index (κ2) is 5.17. The number of carbonyl (C=O) groups excluding carboxylic acids is 1. The lowest BCUT2D eigenvalue weighted by molar-refractivity contribution is -0.144. The average Bonchev–Trinajstić information content (AvgIpc) is 3.11. The van der Waals surface area contributed by atoms with Gasteiger partial charge in [-0.05, 0) is 50.4 Å². The van der Waals surface area contributed by atoms with E-state index in [0.29, 0.717) is 12.0 Å². The average molecular weight is 225 g/mol. The first-order chi connectivity index (χ1) is 7.70. The van der Waals surface area contributed by atoms with Crippen LogP contribution in [0.25, 0.3) is 0 Å². The second-order valence-electron chi connectivity index (χ2n) is 5.46. The van der Waals surface area contributed by atoms with Crippen LogP contribution in [0.5, 0.6) is 0 Å². The molecule has 0 heterocycles. The zero-order chi connectivity index (χ0) is 11.5. The third-order valence-electron chi connectivity index (χ3n) is 3.98. The van der Waals surface area contributed by atoms with Gasteiger partial charge in [-0.15, -0.1) is 0 Å². The van der Waals surface area contributed by atoms with Gasteiger partial charge in [-0.25, -0.2) is 0 Å². The molecule has 92 valence electrons. The van der Waals surface area contributed by atoms with E-state index in [2.05, 4.69) is 12.2 Å². The Morgan fingerprint density at radius 2 is 1.81 bits per heavy atom. The Bertz CT molecular complexity index is 242. The molecule has 2 aliphatic carbocycles. The van der Waals surface area contributed by atoms with Gasteiger partial charge in [-0.3, -0.25) is 4.79 Å². The standard InChI is InChI=1S/C13H23NO2/c1-9-3-7-11(8-4-9)14-12(10-5-6-10)13(15)16-2/h9-12,14H,3-8H2,1-2H3. The molecular formula is C13H23NO2. The van der Waals surface area contributed by atoms with Crippen molar-refractivity contribution in [2.75, 3.05) is 7.11 Å². The van der Waals surface area contributed by atoms with Gasteiger partial charge in [0.2, 0.25) is 0 Å². The van der Waals surface area contributed by atoms with Gasteiger partial charge in [0, 0.05) is 6.04 Å². The third-order valence-corrected chi connectivity index (χ3v) is 3.98. The van der Waals surface area contributed by atoms with Gasteiger partial charge in [0.15, 0.2) is 0 Å². The van der Waals surface area contributed by atoms with Crippen LogP contribution in [-0.4, -0.2) is 25.2 Å². The first-order valence-electron chi connectivity index (χ1n) is 6.54. The lowest BCUT2D eigenvalue weighted by Gasteiger charge is -2.30. The van der Waals surface area contributed by atoms with Gasteiger partial charge in [-0.1, -0.05) is 6.92 Å². The highest BCUT2D eigenvalue weighted by atomic mass is 16.5. The maximum absolute atomic E-state index is 11.6. The monoisotopic (exact) mass is 225 g/mol. The maximum Gasteiger partial charge on any atom is 0.323 e. The zero-order valence-electron chi connectivity index (χ0n) is 10.4. The van der Waals surface area contributed by atoms with Gasteiger partial charge in [0.1, 0.15) is 6.04 Å². The van der Waals surface area contributed by atoms with Crippen molar-refractivity contribution in [2.24, 2.45) is 11.8 Å². The molecule has 2 aliphatic rings. The van der Waals surface area contributed by atoms with Crippen LogP contribution in [0, 0.1) is 11.8 Å². The first kappa shape index (κ1) is 11.9. The van der Waals surface area contributed by atoms with Crippen LogP contribution in [-0.2, 0) is 9.53 Å². The molecule has 0 aromatic heterocycles. The minimum absolute atomic E-state index is 0.0385. The minimum atomic E-state index is -0.0684. The molecule has 0 radical (unpaired) electrons. The Morgan fingerprint density at radius 1 is 1.19 bits per heavy atom. The highest BCUT2D eigenvalue weighted by Crippen LogP contribution is 2.34. The van der Waals surface area contributed by atoms with Crippen molar-refractivity contribution in [3.8, 4) is 0 Å². The molecule has 0 amide bonds. The number of hydrogen-bond donors (Lipinski definition) is 1. The highest BCUT2D eigenvalue weighted by molar-refractivity contribution is 5.76. The fourth-order valence-corrected chi connectivity index (χ4v) is 2.63. The zero-order valence-corrected chi connectivity index (χ0v) is 10.4. The summed E-state index contributed by atoms with van der Waals surface area (Å²) >= 11 is 0. The molecular weight excluding hydrogens is 202 g/mol. The fourth-order valence-electron chi connectivity index (χ4n) is 2.63. The first-order valence-corrected chi connectivity index (χ1v) is 6.54. The van der Waals surface area contributed by atoms with E-state index < -0.39 is 0 Å². The van der Waals surface area contributed by atoms with Crippen molar-refractivity contribution in [1.82, 2.24) is 5.32 Å². The summed E-state index contributed by atoms with van der Waals surface area (Å²) in [4.78, 5) is 11.6. The van der Waals surface area contributed by atoms with E-state index in [4.69, 9.17) is 4.74 Å². The van der Waals surface area contributed by atoms with E-state index in [1.54, 1.807) is 0 Å². The van der Waals surface area contributed by atoms with E-state index in [9.17, 15) is 4.79 Å². The predicted octanol–water partition coefficient (Wildman–Crippen LogP) is 2.11. The number of esters is 1. The topological polar surface area (TPSA) is 38.3 Å². The molecule has 0 bridgehead atoms. The third kappa shape index (κ3) is 2.97. The molecule has 3 nitrogen and oxygen atoms in total. The summed E-state index contributed by atoms with van der Waals surface area (Å²) in [5, 5.41) is 3.51. The summed E-state index contributed by atoms with van der Waals surface area (Å²) in [5.74, 6) is 1.32. The van der Waals surface area contributed by atoms with E-state index in [1.165, 1.54) is 45.6 Å². The summed E-state index contributed by atoms with van der Waals surface area (Å²) in [5.41, 5.74) is 0. The summed E-state index contributed by atoms with van der Waals surface area (Å²) in [6.45, 7) is 2.31. The van der Waals surface area contributed by atoms with Gasteiger partial charge in [0.05, 0.1) is 7.11 Å². The number of rotatable bonds is 4.